The highest BCUT2D eigenvalue weighted by atomic mass is 79.9. The summed E-state index contributed by atoms with van der Waals surface area (Å²) in [6.07, 6.45) is 2.43. The van der Waals surface area contributed by atoms with Gasteiger partial charge in [-0.2, -0.15) is 0 Å². The van der Waals surface area contributed by atoms with Gasteiger partial charge in [0.25, 0.3) is 0 Å². The molecule has 1 saturated heterocycles. The number of anilines is 1. The second kappa shape index (κ2) is 4.45. The van der Waals surface area contributed by atoms with Gasteiger partial charge in [-0.05, 0) is 38.0 Å². The van der Waals surface area contributed by atoms with Gasteiger partial charge in [0, 0.05) is 28.3 Å². The van der Waals surface area contributed by atoms with Gasteiger partial charge in [-0.1, -0.05) is 15.9 Å². The Labute approximate surface area is 104 Å². The van der Waals surface area contributed by atoms with Gasteiger partial charge in [-0.25, -0.2) is 0 Å². The molecular formula is C12H16BrN3. The zero-order chi connectivity index (χ0) is 11.7. The molecule has 1 aliphatic heterocycles. The van der Waals surface area contributed by atoms with Crippen molar-refractivity contribution in [3.05, 3.63) is 28.2 Å². The molecule has 1 unspecified atom stereocenters. The van der Waals surface area contributed by atoms with Crippen LogP contribution in [0.4, 0.5) is 5.69 Å². The monoisotopic (exact) mass is 281 g/mol. The van der Waals surface area contributed by atoms with E-state index >= 15 is 0 Å². The Morgan fingerprint density at radius 1 is 1.56 bits per heavy atom. The standard InChI is InChI=1S/C12H16BrN3/c1-8-3-2-6-16(8)11-5-4-9(13)7-10(11)12(14)15/h4-5,7-8H,2-3,6H2,1H3,(H3,14,15). The summed E-state index contributed by atoms with van der Waals surface area (Å²) in [6.45, 7) is 3.28. The van der Waals surface area contributed by atoms with Gasteiger partial charge < -0.3 is 10.6 Å². The molecule has 0 radical (unpaired) electrons. The fourth-order valence-corrected chi connectivity index (χ4v) is 2.63. The molecule has 2 rings (SSSR count). The molecule has 16 heavy (non-hydrogen) atoms. The third kappa shape index (κ3) is 2.07. The molecule has 1 aromatic rings. The van der Waals surface area contributed by atoms with Crippen molar-refractivity contribution in [2.45, 2.75) is 25.8 Å². The average Bonchev–Trinajstić information content (AvgIpc) is 2.64. The van der Waals surface area contributed by atoms with Gasteiger partial charge in [-0.15, -0.1) is 0 Å². The van der Waals surface area contributed by atoms with Crippen LogP contribution in [0.3, 0.4) is 0 Å². The first kappa shape index (κ1) is 11.5. The van der Waals surface area contributed by atoms with Crippen LogP contribution in [0.1, 0.15) is 25.3 Å². The fourth-order valence-electron chi connectivity index (χ4n) is 2.27. The second-order valence-electron chi connectivity index (χ2n) is 4.26. The molecule has 3 N–H and O–H groups in total. The van der Waals surface area contributed by atoms with Crippen molar-refractivity contribution in [1.29, 1.82) is 5.41 Å². The SMILES string of the molecule is CC1CCCN1c1ccc(Br)cc1C(=N)N. The summed E-state index contributed by atoms with van der Waals surface area (Å²) in [6, 6.07) is 6.51. The van der Waals surface area contributed by atoms with Crippen LogP contribution in [0.5, 0.6) is 0 Å². The van der Waals surface area contributed by atoms with Gasteiger partial charge in [0.2, 0.25) is 0 Å². The summed E-state index contributed by atoms with van der Waals surface area (Å²) < 4.78 is 0.966. The van der Waals surface area contributed by atoms with Crippen molar-refractivity contribution >= 4 is 27.5 Å². The first-order valence-corrected chi connectivity index (χ1v) is 6.29. The van der Waals surface area contributed by atoms with Gasteiger partial charge >= 0.3 is 0 Å². The van der Waals surface area contributed by atoms with Crippen molar-refractivity contribution in [1.82, 2.24) is 0 Å². The molecule has 0 saturated carbocycles. The number of nitrogens with zero attached hydrogens (tertiary/aromatic N) is 1. The number of benzene rings is 1. The first-order chi connectivity index (χ1) is 7.59. The van der Waals surface area contributed by atoms with Gasteiger partial charge in [0.1, 0.15) is 5.84 Å². The van der Waals surface area contributed by atoms with E-state index in [1.165, 1.54) is 12.8 Å². The highest BCUT2D eigenvalue weighted by molar-refractivity contribution is 9.10. The van der Waals surface area contributed by atoms with Gasteiger partial charge in [0.05, 0.1) is 0 Å². The number of amidine groups is 1. The Kier molecular flexibility index (Phi) is 3.19. The molecule has 0 amide bonds. The summed E-state index contributed by atoms with van der Waals surface area (Å²) in [4.78, 5) is 2.34. The summed E-state index contributed by atoms with van der Waals surface area (Å²) in [5, 5.41) is 7.63. The number of nitrogens with two attached hydrogens (primary N) is 1. The van der Waals surface area contributed by atoms with Crippen LogP contribution in [0, 0.1) is 5.41 Å². The van der Waals surface area contributed by atoms with Crippen molar-refractivity contribution < 1.29 is 0 Å². The predicted octanol–water partition coefficient (Wildman–Crippen LogP) is 2.72. The number of halogens is 1. The fraction of sp³-hybridized carbons (Fsp3) is 0.417. The highest BCUT2D eigenvalue weighted by Gasteiger charge is 2.23. The molecule has 0 bridgehead atoms. The van der Waals surface area contributed by atoms with Crippen LogP contribution in [-0.2, 0) is 0 Å². The van der Waals surface area contributed by atoms with E-state index in [1.54, 1.807) is 0 Å². The Bertz CT molecular complexity index is 417. The Balaban J connectivity index is 2.43. The number of hydrogen-bond acceptors (Lipinski definition) is 2. The molecule has 4 heteroatoms. The molecule has 0 spiro atoms. The molecule has 86 valence electrons. The zero-order valence-corrected chi connectivity index (χ0v) is 10.9. The number of nitrogen functional groups attached to an aromatic ring is 1. The van der Waals surface area contributed by atoms with Crippen LogP contribution >= 0.6 is 15.9 Å². The molecule has 1 aliphatic rings. The summed E-state index contributed by atoms with van der Waals surface area (Å²) >= 11 is 3.42. The lowest BCUT2D eigenvalue weighted by atomic mass is 10.1. The predicted molar refractivity (Wildman–Crippen MR) is 71.2 cm³/mol. The molecular weight excluding hydrogens is 266 g/mol. The molecule has 1 aromatic carbocycles. The van der Waals surface area contributed by atoms with Crippen LogP contribution in [0.25, 0.3) is 0 Å². The first-order valence-electron chi connectivity index (χ1n) is 5.50. The summed E-state index contributed by atoms with van der Waals surface area (Å²) in [7, 11) is 0. The minimum atomic E-state index is 0.135. The summed E-state index contributed by atoms with van der Waals surface area (Å²) in [5.74, 6) is 0.135. The number of rotatable bonds is 2. The Morgan fingerprint density at radius 2 is 2.31 bits per heavy atom. The smallest absolute Gasteiger partial charge is 0.124 e. The largest absolute Gasteiger partial charge is 0.384 e. The van der Waals surface area contributed by atoms with E-state index in [0.29, 0.717) is 6.04 Å². The molecule has 0 aliphatic carbocycles. The van der Waals surface area contributed by atoms with Gasteiger partial charge in [-0.3, -0.25) is 5.41 Å². The maximum absolute atomic E-state index is 7.63. The van der Waals surface area contributed by atoms with E-state index in [4.69, 9.17) is 11.1 Å². The molecule has 1 fully saturated rings. The Morgan fingerprint density at radius 3 is 2.88 bits per heavy atom. The minimum absolute atomic E-state index is 0.135. The van der Waals surface area contributed by atoms with E-state index in [-0.39, 0.29) is 5.84 Å². The highest BCUT2D eigenvalue weighted by Crippen LogP contribution is 2.30. The maximum atomic E-state index is 7.63. The summed E-state index contributed by atoms with van der Waals surface area (Å²) in [5.41, 5.74) is 7.54. The van der Waals surface area contributed by atoms with E-state index in [0.717, 1.165) is 22.3 Å². The van der Waals surface area contributed by atoms with Crippen molar-refractivity contribution in [2.75, 3.05) is 11.4 Å². The average molecular weight is 282 g/mol. The van der Waals surface area contributed by atoms with E-state index < -0.39 is 0 Å². The maximum Gasteiger partial charge on any atom is 0.124 e. The van der Waals surface area contributed by atoms with E-state index in [2.05, 4.69) is 27.8 Å². The lowest BCUT2D eigenvalue weighted by molar-refractivity contribution is 0.734. The topological polar surface area (TPSA) is 53.1 Å². The lowest BCUT2D eigenvalue weighted by Crippen LogP contribution is -2.29. The van der Waals surface area contributed by atoms with Crippen LogP contribution in [-0.4, -0.2) is 18.4 Å². The van der Waals surface area contributed by atoms with Gasteiger partial charge in [0.15, 0.2) is 0 Å². The second-order valence-corrected chi connectivity index (χ2v) is 5.18. The third-order valence-corrected chi connectivity index (χ3v) is 3.60. The van der Waals surface area contributed by atoms with Crippen LogP contribution < -0.4 is 10.6 Å². The molecule has 1 atom stereocenters. The molecule has 3 nitrogen and oxygen atoms in total. The van der Waals surface area contributed by atoms with Crippen molar-refractivity contribution in [2.24, 2.45) is 5.73 Å². The normalized spacial score (nSPS) is 20.1. The lowest BCUT2D eigenvalue weighted by Gasteiger charge is -2.26. The number of hydrogen-bond donors (Lipinski definition) is 2. The molecule has 1 heterocycles. The number of nitrogens with one attached hydrogen (secondary N) is 1. The minimum Gasteiger partial charge on any atom is -0.384 e. The third-order valence-electron chi connectivity index (χ3n) is 3.11. The van der Waals surface area contributed by atoms with Crippen molar-refractivity contribution in [3.63, 3.8) is 0 Å². The van der Waals surface area contributed by atoms with E-state index in [1.807, 2.05) is 18.2 Å². The quantitative estimate of drug-likeness (QED) is 0.647. The Hall–Kier alpha value is -1.03. The van der Waals surface area contributed by atoms with E-state index in [9.17, 15) is 0 Å². The molecule has 0 aromatic heterocycles. The van der Waals surface area contributed by atoms with Crippen LogP contribution in [0.15, 0.2) is 22.7 Å². The zero-order valence-electron chi connectivity index (χ0n) is 9.33. The van der Waals surface area contributed by atoms with Crippen LogP contribution in [0.2, 0.25) is 0 Å². The van der Waals surface area contributed by atoms with Crippen molar-refractivity contribution in [3.8, 4) is 0 Å².